The summed E-state index contributed by atoms with van der Waals surface area (Å²) >= 11 is 1.53. The van der Waals surface area contributed by atoms with E-state index in [1.54, 1.807) is 12.1 Å². The van der Waals surface area contributed by atoms with E-state index in [2.05, 4.69) is 15.6 Å². The van der Waals surface area contributed by atoms with Gasteiger partial charge in [0.1, 0.15) is 10.8 Å². The first-order valence-electron chi connectivity index (χ1n) is 10.8. The Morgan fingerprint density at radius 3 is 2.32 bits per heavy atom. The van der Waals surface area contributed by atoms with Crippen molar-refractivity contribution in [1.82, 2.24) is 10.3 Å². The second-order valence-electron chi connectivity index (χ2n) is 8.06. The molecule has 1 heterocycles. The molecule has 3 aromatic carbocycles. The van der Waals surface area contributed by atoms with Gasteiger partial charge in [-0.1, -0.05) is 42.0 Å². The summed E-state index contributed by atoms with van der Waals surface area (Å²) in [6, 6.07) is 20.6. The molecule has 0 aliphatic carbocycles. The summed E-state index contributed by atoms with van der Waals surface area (Å²) < 4.78 is 13.0. The van der Waals surface area contributed by atoms with Gasteiger partial charge in [-0.3, -0.25) is 9.59 Å². The highest BCUT2D eigenvalue weighted by Gasteiger charge is 2.13. The molecule has 2 amide bonds. The molecule has 0 spiro atoms. The van der Waals surface area contributed by atoms with Gasteiger partial charge < -0.3 is 10.6 Å². The van der Waals surface area contributed by atoms with E-state index in [-0.39, 0.29) is 24.3 Å². The predicted octanol–water partition coefficient (Wildman–Crippen LogP) is 5.93. The fourth-order valence-corrected chi connectivity index (χ4v) is 4.24. The molecule has 1 atom stereocenters. The first-order valence-corrected chi connectivity index (χ1v) is 11.7. The van der Waals surface area contributed by atoms with Crippen LogP contribution in [0.1, 0.15) is 40.1 Å². The number of carbonyl (C=O) groups is 2. The van der Waals surface area contributed by atoms with Crippen molar-refractivity contribution in [2.75, 3.05) is 5.32 Å². The topological polar surface area (TPSA) is 71.1 Å². The predicted molar refractivity (Wildman–Crippen MR) is 133 cm³/mol. The number of hydrogen-bond acceptors (Lipinski definition) is 4. The molecule has 5 nitrogen and oxygen atoms in total. The number of rotatable bonds is 7. The van der Waals surface area contributed by atoms with Gasteiger partial charge >= 0.3 is 0 Å². The lowest BCUT2D eigenvalue weighted by Crippen LogP contribution is -2.28. The van der Waals surface area contributed by atoms with Crippen LogP contribution in [0.3, 0.4) is 0 Å². The third kappa shape index (κ3) is 5.94. The molecule has 0 radical (unpaired) electrons. The second kappa shape index (κ2) is 10.4. The highest BCUT2D eigenvalue weighted by Crippen LogP contribution is 2.24. The van der Waals surface area contributed by atoms with Gasteiger partial charge in [-0.25, -0.2) is 9.37 Å². The number of carbonyl (C=O) groups excluding carboxylic acids is 2. The van der Waals surface area contributed by atoms with Crippen molar-refractivity contribution < 1.29 is 14.0 Å². The van der Waals surface area contributed by atoms with E-state index in [1.165, 1.54) is 41.2 Å². The zero-order valence-corrected chi connectivity index (χ0v) is 19.7. The van der Waals surface area contributed by atoms with Crippen LogP contribution in [-0.4, -0.2) is 16.8 Å². The SMILES string of the molecule is Cc1ccc(-c2nc(CC(=O)NC(C)c3ccc(NC(=O)c4ccc(F)cc4)cc3)cs2)cc1. The Bertz CT molecular complexity index is 1280. The molecule has 34 heavy (non-hydrogen) atoms. The van der Waals surface area contributed by atoms with Crippen molar-refractivity contribution in [2.24, 2.45) is 0 Å². The normalized spacial score (nSPS) is 11.6. The molecule has 4 rings (SSSR count). The number of amides is 2. The Hall–Kier alpha value is -3.84. The number of aryl methyl sites for hydroxylation is 1. The van der Waals surface area contributed by atoms with Crippen LogP contribution in [0.4, 0.5) is 10.1 Å². The van der Waals surface area contributed by atoms with Crippen LogP contribution >= 0.6 is 11.3 Å². The van der Waals surface area contributed by atoms with E-state index >= 15 is 0 Å². The first-order chi connectivity index (χ1) is 16.4. The summed E-state index contributed by atoms with van der Waals surface area (Å²) in [6.45, 7) is 3.95. The molecule has 0 fully saturated rings. The monoisotopic (exact) mass is 473 g/mol. The van der Waals surface area contributed by atoms with Gasteiger partial charge in [-0.05, 0) is 55.8 Å². The maximum Gasteiger partial charge on any atom is 0.255 e. The summed E-state index contributed by atoms with van der Waals surface area (Å²) in [4.78, 5) is 29.4. The minimum absolute atomic E-state index is 0.109. The Kier molecular flexibility index (Phi) is 7.13. The number of hydrogen-bond donors (Lipinski definition) is 2. The number of halogens is 1. The quantitative estimate of drug-likeness (QED) is 0.349. The fraction of sp³-hybridized carbons (Fsp3) is 0.148. The van der Waals surface area contributed by atoms with Crippen LogP contribution in [0.5, 0.6) is 0 Å². The fourth-order valence-electron chi connectivity index (χ4n) is 3.42. The lowest BCUT2D eigenvalue weighted by atomic mass is 10.1. The van der Waals surface area contributed by atoms with Gasteiger partial charge in [-0.2, -0.15) is 0 Å². The maximum atomic E-state index is 13.0. The molecular weight excluding hydrogens is 449 g/mol. The number of nitrogens with zero attached hydrogens (tertiary/aromatic N) is 1. The number of anilines is 1. The summed E-state index contributed by atoms with van der Waals surface area (Å²) in [5.41, 5.74) is 4.87. The molecule has 4 aromatic rings. The molecule has 2 N–H and O–H groups in total. The van der Waals surface area contributed by atoms with Gasteiger partial charge in [-0.15, -0.1) is 11.3 Å². The van der Waals surface area contributed by atoms with Gasteiger partial charge in [0.05, 0.1) is 18.2 Å². The van der Waals surface area contributed by atoms with E-state index in [0.29, 0.717) is 11.3 Å². The molecule has 7 heteroatoms. The standard InChI is InChI=1S/C27H24FN3O2S/c1-17-3-5-21(6-4-17)27-31-24(16-34-27)15-25(32)29-18(2)19-9-13-23(14-10-19)30-26(33)20-7-11-22(28)12-8-20/h3-14,16,18H,15H2,1-2H3,(H,29,32)(H,30,33). The van der Waals surface area contributed by atoms with Crippen LogP contribution in [-0.2, 0) is 11.2 Å². The van der Waals surface area contributed by atoms with Crippen molar-refractivity contribution in [3.63, 3.8) is 0 Å². The highest BCUT2D eigenvalue weighted by atomic mass is 32.1. The third-order valence-corrected chi connectivity index (χ3v) is 6.28. The summed E-state index contributed by atoms with van der Waals surface area (Å²) in [5, 5.41) is 8.59. The van der Waals surface area contributed by atoms with E-state index < -0.39 is 5.82 Å². The van der Waals surface area contributed by atoms with Crippen molar-refractivity contribution in [3.05, 3.63) is 106 Å². The van der Waals surface area contributed by atoms with E-state index in [4.69, 9.17) is 0 Å². The van der Waals surface area contributed by atoms with Crippen molar-refractivity contribution in [3.8, 4) is 10.6 Å². The van der Waals surface area contributed by atoms with Gasteiger partial charge in [0.2, 0.25) is 5.91 Å². The summed E-state index contributed by atoms with van der Waals surface area (Å²) in [7, 11) is 0. The third-order valence-electron chi connectivity index (χ3n) is 5.34. The molecule has 0 saturated heterocycles. The van der Waals surface area contributed by atoms with Crippen LogP contribution in [0.2, 0.25) is 0 Å². The van der Waals surface area contributed by atoms with Gasteiger partial charge in [0, 0.05) is 22.2 Å². The highest BCUT2D eigenvalue weighted by molar-refractivity contribution is 7.13. The molecule has 1 unspecified atom stereocenters. The van der Waals surface area contributed by atoms with E-state index in [9.17, 15) is 14.0 Å². The number of benzene rings is 3. The number of nitrogens with one attached hydrogen (secondary N) is 2. The molecule has 1 aromatic heterocycles. The molecule has 0 aliphatic rings. The minimum Gasteiger partial charge on any atom is -0.349 e. The Labute approximate surface area is 201 Å². The minimum atomic E-state index is -0.390. The second-order valence-corrected chi connectivity index (χ2v) is 8.92. The van der Waals surface area contributed by atoms with Crippen molar-refractivity contribution >= 4 is 28.8 Å². The average Bonchev–Trinajstić information content (AvgIpc) is 3.28. The number of aromatic nitrogens is 1. The molecule has 172 valence electrons. The van der Waals surface area contributed by atoms with Crippen LogP contribution in [0.25, 0.3) is 10.6 Å². The van der Waals surface area contributed by atoms with Gasteiger partial charge in [0.25, 0.3) is 5.91 Å². The van der Waals surface area contributed by atoms with Crippen LogP contribution in [0.15, 0.2) is 78.2 Å². The number of thiazole rings is 1. The summed E-state index contributed by atoms with van der Waals surface area (Å²) in [5.74, 6) is -0.817. The smallest absolute Gasteiger partial charge is 0.255 e. The Morgan fingerprint density at radius 2 is 1.65 bits per heavy atom. The molecule has 0 bridgehead atoms. The van der Waals surface area contributed by atoms with E-state index in [1.807, 2.05) is 55.6 Å². The van der Waals surface area contributed by atoms with Crippen LogP contribution in [0, 0.1) is 12.7 Å². The lowest BCUT2D eigenvalue weighted by molar-refractivity contribution is -0.121. The van der Waals surface area contributed by atoms with Gasteiger partial charge in [0.15, 0.2) is 0 Å². The zero-order chi connectivity index (χ0) is 24.1. The lowest BCUT2D eigenvalue weighted by Gasteiger charge is -2.15. The van der Waals surface area contributed by atoms with Crippen molar-refractivity contribution in [2.45, 2.75) is 26.3 Å². The summed E-state index contributed by atoms with van der Waals surface area (Å²) in [6.07, 6.45) is 0.207. The Morgan fingerprint density at radius 1 is 0.971 bits per heavy atom. The molecule has 0 saturated carbocycles. The average molecular weight is 474 g/mol. The molecule has 0 aliphatic heterocycles. The van der Waals surface area contributed by atoms with Crippen LogP contribution < -0.4 is 10.6 Å². The van der Waals surface area contributed by atoms with E-state index in [0.717, 1.165) is 21.8 Å². The Balaban J connectivity index is 1.31. The largest absolute Gasteiger partial charge is 0.349 e. The first kappa shape index (κ1) is 23.3. The molecular formula is C27H24FN3O2S. The zero-order valence-electron chi connectivity index (χ0n) is 18.8. The van der Waals surface area contributed by atoms with Crippen molar-refractivity contribution in [1.29, 1.82) is 0 Å². The maximum absolute atomic E-state index is 13.0.